The Kier molecular flexibility index (Phi) is 3.63. The molecule has 2 nitrogen and oxygen atoms in total. The summed E-state index contributed by atoms with van der Waals surface area (Å²) in [5, 5.41) is 0. The fourth-order valence-corrected chi connectivity index (χ4v) is 1.56. The molecule has 1 aromatic rings. The van der Waals surface area contributed by atoms with Crippen LogP contribution in [0.1, 0.15) is 15.9 Å². The number of hydrogen-bond donors (Lipinski definition) is 0. The summed E-state index contributed by atoms with van der Waals surface area (Å²) >= 11 is 3.37. The quantitative estimate of drug-likeness (QED) is 0.762. The molecule has 0 aromatic heterocycles. The standard InChI is InChI=1S/C10H11BrO2/c1-7-4-3-5-8(10(7)11)9(12)6-13-2/h3-5H,6H2,1-2H3. The van der Waals surface area contributed by atoms with Crippen molar-refractivity contribution < 1.29 is 9.53 Å². The molecule has 0 amide bonds. The Labute approximate surface area is 86.0 Å². The molecule has 0 spiro atoms. The van der Waals surface area contributed by atoms with Gasteiger partial charge in [0.05, 0.1) is 0 Å². The predicted molar refractivity (Wildman–Crippen MR) is 55.1 cm³/mol. The highest BCUT2D eigenvalue weighted by Gasteiger charge is 2.10. The molecule has 0 aliphatic rings. The number of Topliss-reactive ketones (excluding diaryl/α,β-unsaturated/α-hetero) is 1. The first kappa shape index (κ1) is 10.4. The maximum Gasteiger partial charge on any atom is 0.189 e. The van der Waals surface area contributed by atoms with Gasteiger partial charge in [-0.15, -0.1) is 0 Å². The Balaban J connectivity index is 3.01. The van der Waals surface area contributed by atoms with Gasteiger partial charge in [-0.3, -0.25) is 4.79 Å². The van der Waals surface area contributed by atoms with Gasteiger partial charge >= 0.3 is 0 Å². The first-order chi connectivity index (χ1) is 6.16. The molecule has 0 saturated heterocycles. The number of aryl methyl sites for hydroxylation is 1. The average molecular weight is 243 g/mol. The normalized spacial score (nSPS) is 10.1. The van der Waals surface area contributed by atoms with Crippen LogP contribution in [0, 0.1) is 6.92 Å². The van der Waals surface area contributed by atoms with Gasteiger partial charge in [-0.25, -0.2) is 0 Å². The van der Waals surface area contributed by atoms with E-state index < -0.39 is 0 Å². The van der Waals surface area contributed by atoms with E-state index in [-0.39, 0.29) is 12.4 Å². The summed E-state index contributed by atoms with van der Waals surface area (Å²) in [6, 6.07) is 5.61. The molecule has 3 heteroatoms. The number of benzene rings is 1. The van der Waals surface area contributed by atoms with E-state index in [0.717, 1.165) is 10.0 Å². The largest absolute Gasteiger partial charge is 0.377 e. The maximum absolute atomic E-state index is 11.5. The van der Waals surface area contributed by atoms with E-state index in [9.17, 15) is 4.79 Å². The summed E-state index contributed by atoms with van der Waals surface area (Å²) in [4.78, 5) is 11.5. The molecule has 0 aliphatic heterocycles. The molecule has 1 aromatic carbocycles. The van der Waals surface area contributed by atoms with Crippen molar-refractivity contribution in [3.05, 3.63) is 33.8 Å². The van der Waals surface area contributed by atoms with Crippen LogP contribution >= 0.6 is 15.9 Å². The molecule has 0 atom stereocenters. The zero-order valence-electron chi connectivity index (χ0n) is 7.63. The van der Waals surface area contributed by atoms with Crippen LogP contribution in [0.4, 0.5) is 0 Å². The van der Waals surface area contributed by atoms with E-state index in [4.69, 9.17) is 4.74 Å². The Bertz CT molecular complexity index is 321. The van der Waals surface area contributed by atoms with E-state index in [2.05, 4.69) is 15.9 Å². The summed E-state index contributed by atoms with van der Waals surface area (Å²) in [5.74, 6) is -0.00178. The lowest BCUT2D eigenvalue weighted by atomic mass is 10.1. The number of methoxy groups -OCH3 is 1. The number of carbonyl (C=O) groups excluding carboxylic acids is 1. The van der Waals surface area contributed by atoms with Gasteiger partial charge in [0.1, 0.15) is 6.61 Å². The van der Waals surface area contributed by atoms with Crippen molar-refractivity contribution >= 4 is 21.7 Å². The van der Waals surface area contributed by atoms with Crippen molar-refractivity contribution in [3.63, 3.8) is 0 Å². The molecule has 13 heavy (non-hydrogen) atoms. The van der Waals surface area contributed by atoms with Crippen LogP contribution in [0.15, 0.2) is 22.7 Å². The number of rotatable bonds is 3. The van der Waals surface area contributed by atoms with Crippen molar-refractivity contribution in [3.8, 4) is 0 Å². The zero-order chi connectivity index (χ0) is 9.84. The second-order valence-corrected chi connectivity index (χ2v) is 3.59. The molecular formula is C10H11BrO2. The lowest BCUT2D eigenvalue weighted by Crippen LogP contribution is -2.08. The van der Waals surface area contributed by atoms with Gasteiger partial charge < -0.3 is 4.74 Å². The topological polar surface area (TPSA) is 26.3 Å². The predicted octanol–water partition coefficient (Wildman–Crippen LogP) is 2.59. The fraction of sp³-hybridized carbons (Fsp3) is 0.300. The Morgan fingerprint density at radius 3 is 2.85 bits per heavy atom. The fourth-order valence-electron chi connectivity index (χ4n) is 1.07. The van der Waals surface area contributed by atoms with Gasteiger partial charge in [0, 0.05) is 17.1 Å². The highest BCUT2D eigenvalue weighted by molar-refractivity contribution is 9.10. The molecular weight excluding hydrogens is 232 g/mol. The lowest BCUT2D eigenvalue weighted by Gasteiger charge is -2.04. The van der Waals surface area contributed by atoms with Crippen LogP contribution in [0.2, 0.25) is 0 Å². The van der Waals surface area contributed by atoms with E-state index in [1.54, 1.807) is 6.07 Å². The average Bonchev–Trinajstić information content (AvgIpc) is 2.10. The molecule has 0 fully saturated rings. The Morgan fingerprint density at radius 2 is 2.23 bits per heavy atom. The summed E-state index contributed by atoms with van der Waals surface area (Å²) in [7, 11) is 1.52. The van der Waals surface area contributed by atoms with Crippen LogP contribution in [0.5, 0.6) is 0 Å². The number of halogens is 1. The summed E-state index contributed by atoms with van der Waals surface area (Å²) in [6.07, 6.45) is 0. The second kappa shape index (κ2) is 4.53. The number of ketones is 1. The van der Waals surface area contributed by atoms with Crippen molar-refractivity contribution in [2.75, 3.05) is 13.7 Å². The number of carbonyl (C=O) groups is 1. The molecule has 0 N–H and O–H groups in total. The molecule has 70 valence electrons. The third-order valence-corrected chi connectivity index (χ3v) is 2.82. The van der Waals surface area contributed by atoms with Gasteiger partial charge in [-0.1, -0.05) is 18.2 Å². The molecule has 1 rings (SSSR count). The molecule has 0 unspecified atom stereocenters. The molecule has 0 radical (unpaired) electrons. The van der Waals surface area contributed by atoms with E-state index >= 15 is 0 Å². The molecule has 0 heterocycles. The molecule has 0 saturated carbocycles. The first-order valence-corrected chi connectivity index (χ1v) is 4.73. The zero-order valence-corrected chi connectivity index (χ0v) is 9.22. The summed E-state index contributed by atoms with van der Waals surface area (Å²) < 4.78 is 5.64. The lowest BCUT2D eigenvalue weighted by molar-refractivity contribution is 0.0847. The van der Waals surface area contributed by atoms with Gasteiger partial charge in [0.25, 0.3) is 0 Å². The summed E-state index contributed by atoms with van der Waals surface area (Å²) in [6.45, 7) is 2.08. The third-order valence-electron chi connectivity index (χ3n) is 1.77. The minimum Gasteiger partial charge on any atom is -0.377 e. The van der Waals surface area contributed by atoms with Gasteiger partial charge in [-0.05, 0) is 28.4 Å². The maximum atomic E-state index is 11.5. The first-order valence-electron chi connectivity index (χ1n) is 3.94. The van der Waals surface area contributed by atoms with Crippen molar-refractivity contribution in [2.45, 2.75) is 6.92 Å². The van der Waals surface area contributed by atoms with Crippen LogP contribution in [0.25, 0.3) is 0 Å². The number of ether oxygens (including phenoxy) is 1. The second-order valence-electron chi connectivity index (χ2n) is 2.79. The van der Waals surface area contributed by atoms with Crippen LogP contribution in [-0.2, 0) is 4.74 Å². The van der Waals surface area contributed by atoms with Crippen LogP contribution < -0.4 is 0 Å². The minimum atomic E-state index is -0.00178. The SMILES string of the molecule is COCC(=O)c1cccc(C)c1Br. The van der Waals surface area contributed by atoms with E-state index in [1.165, 1.54) is 7.11 Å². The smallest absolute Gasteiger partial charge is 0.189 e. The van der Waals surface area contributed by atoms with E-state index in [1.807, 2.05) is 19.1 Å². The highest BCUT2D eigenvalue weighted by atomic mass is 79.9. The monoisotopic (exact) mass is 242 g/mol. The van der Waals surface area contributed by atoms with E-state index in [0.29, 0.717) is 5.56 Å². The Morgan fingerprint density at radius 1 is 1.54 bits per heavy atom. The molecule has 0 bridgehead atoms. The van der Waals surface area contributed by atoms with Crippen molar-refractivity contribution in [1.29, 1.82) is 0 Å². The van der Waals surface area contributed by atoms with Crippen molar-refractivity contribution in [1.82, 2.24) is 0 Å². The van der Waals surface area contributed by atoms with Gasteiger partial charge in [0.2, 0.25) is 0 Å². The summed E-state index contributed by atoms with van der Waals surface area (Å²) in [5.41, 5.74) is 1.74. The minimum absolute atomic E-state index is 0.00178. The molecule has 0 aliphatic carbocycles. The van der Waals surface area contributed by atoms with Crippen LogP contribution in [0.3, 0.4) is 0 Å². The Hall–Kier alpha value is -0.670. The van der Waals surface area contributed by atoms with Crippen LogP contribution in [-0.4, -0.2) is 19.5 Å². The third kappa shape index (κ3) is 2.39. The van der Waals surface area contributed by atoms with Gasteiger partial charge in [-0.2, -0.15) is 0 Å². The van der Waals surface area contributed by atoms with Crippen molar-refractivity contribution in [2.24, 2.45) is 0 Å². The number of hydrogen-bond acceptors (Lipinski definition) is 2. The van der Waals surface area contributed by atoms with Gasteiger partial charge in [0.15, 0.2) is 5.78 Å². The highest BCUT2D eigenvalue weighted by Crippen LogP contribution is 2.21.